The van der Waals surface area contributed by atoms with Gasteiger partial charge in [0, 0.05) is 11.3 Å². The number of ketones is 1. The smallest absolute Gasteiger partial charge is 0.339 e. The number of amides is 1. The summed E-state index contributed by atoms with van der Waals surface area (Å²) in [5.74, 6) is -2.37. The predicted octanol–water partition coefficient (Wildman–Crippen LogP) is 1.95. The number of nitrogens with two attached hydrogens (primary N) is 1. The fourth-order valence-electron chi connectivity index (χ4n) is 2.66. The fraction of sp³-hybridized carbons (Fsp3) is 0.263. The molecule has 2 aromatic rings. The van der Waals surface area contributed by atoms with Crippen LogP contribution in [0.2, 0.25) is 0 Å². The topological polar surface area (TPSA) is 129 Å². The summed E-state index contributed by atoms with van der Waals surface area (Å²) >= 11 is 0. The average Bonchev–Trinajstić information content (AvgIpc) is 2.94. The molecule has 0 spiro atoms. The highest BCUT2D eigenvalue weighted by Gasteiger charge is 2.27. The summed E-state index contributed by atoms with van der Waals surface area (Å²) in [6.45, 7) is 4.69. The van der Waals surface area contributed by atoms with Gasteiger partial charge in [-0.25, -0.2) is 9.59 Å². The first kappa shape index (κ1) is 19.9. The van der Waals surface area contributed by atoms with Gasteiger partial charge in [-0.2, -0.15) is 0 Å². The molecule has 1 amide bonds. The molecule has 2 rings (SSSR count). The van der Waals surface area contributed by atoms with Crippen LogP contribution in [0.25, 0.3) is 0 Å². The quantitative estimate of drug-likeness (QED) is 0.589. The Hall–Kier alpha value is -3.42. The summed E-state index contributed by atoms with van der Waals surface area (Å²) in [5, 5.41) is 0. The van der Waals surface area contributed by atoms with Gasteiger partial charge >= 0.3 is 11.9 Å². The second-order valence-electron chi connectivity index (χ2n) is 5.97. The van der Waals surface area contributed by atoms with Crippen LogP contribution in [0.3, 0.4) is 0 Å². The van der Waals surface area contributed by atoms with Crippen LogP contribution in [0, 0.1) is 13.8 Å². The van der Waals surface area contributed by atoms with Gasteiger partial charge in [0.15, 0.2) is 6.10 Å². The molecule has 0 aliphatic heterocycles. The van der Waals surface area contributed by atoms with E-state index in [0.29, 0.717) is 11.3 Å². The molecule has 142 valence electrons. The lowest BCUT2D eigenvalue weighted by Crippen LogP contribution is -2.25. The summed E-state index contributed by atoms with van der Waals surface area (Å²) in [5.41, 5.74) is 6.95. The van der Waals surface area contributed by atoms with Gasteiger partial charge in [0.1, 0.15) is 0 Å². The van der Waals surface area contributed by atoms with Crippen molar-refractivity contribution >= 4 is 23.6 Å². The number of aromatic nitrogens is 1. The van der Waals surface area contributed by atoms with Crippen molar-refractivity contribution < 1.29 is 28.7 Å². The molecule has 0 aliphatic rings. The van der Waals surface area contributed by atoms with Crippen LogP contribution in [0.1, 0.15) is 59.7 Å². The first-order chi connectivity index (χ1) is 12.7. The second kappa shape index (κ2) is 7.86. The third-order valence-corrected chi connectivity index (χ3v) is 4.13. The normalized spacial score (nSPS) is 11.6. The molecule has 0 radical (unpaired) electrons. The van der Waals surface area contributed by atoms with Crippen molar-refractivity contribution in [2.75, 3.05) is 7.11 Å². The molecule has 1 aromatic carbocycles. The van der Waals surface area contributed by atoms with Gasteiger partial charge in [-0.1, -0.05) is 0 Å². The van der Waals surface area contributed by atoms with Crippen LogP contribution in [-0.4, -0.2) is 41.8 Å². The molecule has 1 aromatic heterocycles. The van der Waals surface area contributed by atoms with E-state index in [-0.39, 0.29) is 22.4 Å². The number of primary amides is 1. The highest BCUT2D eigenvalue weighted by Crippen LogP contribution is 2.21. The van der Waals surface area contributed by atoms with E-state index >= 15 is 0 Å². The number of carbonyl (C=O) groups is 4. The van der Waals surface area contributed by atoms with E-state index < -0.39 is 29.7 Å². The number of aromatic amines is 1. The minimum absolute atomic E-state index is 0.175. The highest BCUT2D eigenvalue weighted by molar-refractivity contribution is 6.04. The van der Waals surface area contributed by atoms with Gasteiger partial charge in [-0.05, 0) is 50.6 Å². The fourth-order valence-corrected chi connectivity index (χ4v) is 2.66. The zero-order valence-corrected chi connectivity index (χ0v) is 15.4. The van der Waals surface area contributed by atoms with E-state index in [4.69, 9.17) is 15.2 Å². The van der Waals surface area contributed by atoms with Crippen LogP contribution < -0.4 is 5.73 Å². The number of aryl methyl sites for hydroxylation is 1. The van der Waals surface area contributed by atoms with Crippen LogP contribution in [0.4, 0.5) is 0 Å². The number of rotatable bonds is 6. The van der Waals surface area contributed by atoms with Crippen LogP contribution in [0.15, 0.2) is 24.3 Å². The number of ether oxygens (including phenoxy) is 2. The van der Waals surface area contributed by atoms with Crippen molar-refractivity contribution in [3.05, 3.63) is 57.9 Å². The maximum Gasteiger partial charge on any atom is 0.339 e. The van der Waals surface area contributed by atoms with Crippen molar-refractivity contribution in [3.63, 3.8) is 0 Å². The first-order valence-corrected chi connectivity index (χ1v) is 8.09. The Morgan fingerprint density at radius 3 is 2.07 bits per heavy atom. The number of methoxy groups -OCH3 is 1. The summed E-state index contributed by atoms with van der Waals surface area (Å²) in [6.07, 6.45) is -1.09. The number of hydrogen-bond acceptors (Lipinski definition) is 6. The standard InChI is InChI=1S/C19H20N2O6/c1-9-14(19(25)26-4)10(2)21-15(9)16(22)11(3)27-18(24)13-7-5-12(6-8-13)17(20)23/h5-8,11,21H,1-4H3,(H2,20,23)/t11-/m0/s1. The number of benzene rings is 1. The summed E-state index contributed by atoms with van der Waals surface area (Å²) < 4.78 is 9.91. The van der Waals surface area contributed by atoms with Gasteiger partial charge in [-0.15, -0.1) is 0 Å². The monoisotopic (exact) mass is 372 g/mol. The number of H-pyrrole nitrogens is 1. The number of nitrogens with one attached hydrogen (secondary N) is 1. The van der Waals surface area contributed by atoms with Crippen LogP contribution in [0.5, 0.6) is 0 Å². The Kier molecular flexibility index (Phi) is 5.79. The molecule has 0 fully saturated rings. The Labute approximate surface area is 155 Å². The molecule has 1 heterocycles. The minimum atomic E-state index is -1.09. The average molecular weight is 372 g/mol. The van der Waals surface area contributed by atoms with E-state index in [2.05, 4.69) is 4.98 Å². The van der Waals surface area contributed by atoms with E-state index in [0.717, 1.165) is 0 Å². The number of carbonyl (C=O) groups excluding carboxylic acids is 4. The lowest BCUT2D eigenvalue weighted by Gasteiger charge is -2.12. The lowest BCUT2D eigenvalue weighted by molar-refractivity contribution is 0.0316. The van der Waals surface area contributed by atoms with Crippen LogP contribution in [-0.2, 0) is 9.47 Å². The predicted molar refractivity (Wildman–Crippen MR) is 95.8 cm³/mol. The molecule has 0 unspecified atom stereocenters. The van der Waals surface area contributed by atoms with Gasteiger partial charge < -0.3 is 20.2 Å². The van der Waals surface area contributed by atoms with Crippen molar-refractivity contribution in [1.82, 2.24) is 4.98 Å². The molecule has 0 saturated carbocycles. The Balaban J connectivity index is 2.17. The van der Waals surface area contributed by atoms with E-state index in [1.807, 2.05) is 0 Å². The minimum Gasteiger partial charge on any atom is -0.465 e. The first-order valence-electron chi connectivity index (χ1n) is 8.09. The summed E-state index contributed by atoms with van der Waals surface area (Å²) in [7, 11) is 1.25. The van der Waals surface area contributed by atoms with Gasteiger partial charge in [0.05, 0.1) is 23.9 Å². The van der Waals surface area contributed by atoms with E-state index in [9.17, 15) is 19.2 Å². The lowest BCUT2D eigenvalue weighted by atomic mass is 10.1. The zero-order chi connectivity index (χ0) is 20.3. The highest BCUT2D eigenvalue weighted by atomic mass is 16.5. The summed E-state index contributed by atoms with van der Waals surface area (Å²) in [6, 6.07) is 5.57. The number of hydrogen-bond donors (Lipinski definition) is 2. The van der Waals surface area contributed by atoms with E-state index in [1.165, 1.54) is 38.3 Å². The van der Waals surface area contributed by atoms with E-state index in [1.54, 1.807) is 13.8 Å². The number of esters is 2. The largest absolute Gasteiger partial charge is 0.465 e. The SMILES string of the molecule is COC(=O)c1c(C)[nH]c(C(=O)[C@H](C)OC(=O)c2ccc(C(N)=O)cc2)c1C. The zero-order valence-electron chi connectivity index (χ0n) is 15.4. The van der Waals surface area contributed by atoms with Gasteiger partial charge in [0.2, 0.25) is 11.7 Å². The van der Waals surface area contributed by atoms with Crippen molar-refractivity contribution in [1.29, 1.82) is 0 Å². The van der Waals surface area contributed by atoms with Gasteiger partial charge in [-0.3, -0.25) is 9.59 Å². The summed E-state index contributed by atoms with van der Waals surface area (Å²) in [4.78, 5) is 50.6. The molecule has 27 heavy (non-hydrogen) atoms. The maximum absolute atomic E-state index is 12.6. The van der Waals surface area contributed by atoms with Crippen molar-refractivity contribution in [2.45, 2.75) is 26.9 Å². The second-order valence-corrected chi connectivity index (χ2v) is 5.97. The molecule has 0 bridgehead atoms. The Morgan fingerprint density at radius 1 is 1.00 bits per heavy atom. The molecular weight excluding hydrogens is 352 g/mol. The Bertz CT molecular complexity index is 911. The van der Waals surface area contributed by atoms with Crippen molar-refractivity contribution in [2.24, 2.45) is 5.73 Å². The van der Waals surface area contributed by atoms with Crippen molar-refractivity contribution in [3.8, 4) is 0 Å². The Morgan fingerprint density at radius 2 is 1.56 bits per heavy atom. The molecule has 0 saturated heterocycles. The van der Waals surface area contributed by atoms with Gasteiger partial charge in [0.25, 0.3) is 0 Å². The molecule has 1 atom stereocenters. The number of Topliss-reactive ketones (excluding diaryl/α,β-unsaturated/α-hetero) is 1. The third kappa shape index (κ3) is 4.05. The maximum atomic E-state index is 12.6. The molecule has 3 N–H and O–H groups in total. The molecule has 8 heteroatoms. The molecule has 0 aliphatic carbocycles. The van der Waals surface area contributed by atoms with Crippen LogP contribution >= 0.6 is 0 Å². The molecular formula is C19H20N2O6. The molecule has 8 nitrogen and oxygen atoms in total. The third-order valence-electron chi connectivity index (χ3n) is 4.13.